The van der Waals surface area contributed by atoms with Gasteiger partial charge in [-0.1, -0.05) is 12.1 Å². The van der Waals surface area contributed by atoms with Crippen LogP contribution in [0.25, 0.3) is 0 Å². The molecular formula is C19H24N2O3S2. The quantitative estimate of drug-likeness (QED) is 0.811. The number of nitrogens with zero attached hydrogens (tertiary/aromatic N) is 1. The molecule has 1 aromatic heterocycles. The van der Waals surface area contributed by atoms with Crippen LogP contribution in [0, 0.1) is 12.8 Å². The van der Waals surface area contributed by atoms with Crippen LogP contribution in [-0.4, -0.2) is 31.7 Å². The Morgan fingerprint density at radius 2 is 2.04 bits per heavy atom. The third-order valence-electron chi connectivity index (χ3n) is 4.79. The van der Waals surface area contributed by atoms with E-state index in [0.29, 0.717) is 30.3 Å². The van der Waals surface area contributed by atoms with Crippen molar-refractivity contribution < 1.29 is 13.2 Å². The van der Waals surface area contributed by atoms with E-state index in [1.165, 1.54) is 11.3 Å². The van der Waals surface area contributed by atoms with Crippen LogP contribution in [0.2, 0.25) is 0 Å². The predicted molar refractivity (Wildman–Crippen MR) is 105 cm³/mol. The van der Waals surface area contributed by atoms with Gasteiger partial charge in [0.05, 0.1) is 4.90 Å². The Balaban J connectivity index is 1.45. The van der Waals surface area contributed by atoms with Gasteiger partial charge >= 0.3 is 0 Å². The molecule has 2 aromatic rings. The van der Waals surface area contributed by atoms with Gasteiger partial charge in [0, 0.05) is 30.6 Å². The topological polar surface area (TPSA) is 66.5 Å². The number of piperidine rings is 1. The van der Waals surface area contributed by atoms with Gasteiger partial charge in [0.15, 0.2) is 0 Å². The van der Waals surface area contributed by atoms with Crippen LogP contribution >= 0.6 is 11.3 Å². The summed E-state index contributed by atoms with van der Waals surface area (Å²) in [6.07, 6.45) is 2.88. The number of amides is 1. The summed E-state index contributed by atoms with van der Waals surface area (Å²) in [5.41, 5.74) is 1.94. The van der Waals surface area contributed by atoms with Crippen molar-refractivity contribution in [2.45, 2.75) is 37.5 Å². The Bertz CT molecular complexity index is 839. The van der Waals surface area contributed by atoms with Crippen molar-refractivity contribution in [1.82, 2.24) is 4.31 Å². The molecule has 1 aliphatic heterocycles. The molecule has 26 heavy (non-hydrogen) atoms. The number of nitrogens with one attached hydrogen (secondary N) is 1. The van der Waals surface area contributed by atoms with E-state index in [0.717, 1.165) is 30.5 Å². The van der Waals surface area contributed by atoms with Crippen LogP contribution in [0.3, 0.4) is 0 Å². The second-order valence-electron chi connectivity index (χ2n) is 6.76. The number of carbonyl (C=O) groups excluding carboxylic acids is 1. The van der Waals surface area contributed by atoms with Gasteiger partial charge in [0.1, 0.15) is 0 Å². The maximum absolute atomic E-state index is 12.5. The van der Waals surface area contributed by atoms with E-state index in [1.54, 1.807) is 21.1 Å². The Kier molecular flexibility index (Phi) is 6.11. The summed E-state index contributed by atoms with van der Waals surface area (Å²) in [6, 6.07) is 9.41. The van der Waals surface area contributed by atoms with Crippen molar-refractivity contribution in [3.05, 3.63) is 46.7 Å². The maximum Gasteiger partial charge on any atom is 0.243 e. The van der Waals surface area contributed by atoms with Crippen molar-refractivity contribution >= 4 is 33.0 Å². The third kappa shape index (κ3) is 4.72. The number of hydrogen-bond donors (Lipinski definition) is 1. The summed E-state index contributed by atoms with van der Waals surface area (Å²) in [6.45, 7) is 3.05. The molecule has 0 aliphatic carbocycles. The Morgan fingerprint density at radius 1 is 1.27 bits per heavy atom. The number of carbonyl (C=O) groups is 1. The SMILES string of the molecule is Cc1cccc(NC(=O)CCC2CCN(S(=O)(=O)c3ccsc3)CC2)c1. The van der Waals surface area contributed by atoms with E-state index in [1.807, 2.05) is 31.2 Å². The van der Waals surface area contributed by atoms with Gasteiger partial charge in [-0.15, -0.1) is 0 Å². The zero-order chi connectivity index (χ0) is 18.6. The molecule has 5 nitrogen and oxygen atoms in total. The lowest BCUT2D eigenvalue weighted by Crippen LogP contribution is -2.38. The second-order valence-corrected chi connectivity index (χ2v) is 9.48. The largest absolute Gasteiger partial charge is 0.326 e. The zero-order valence-electron chi connectivity index (χ0n) is 14.8. The first kappa shape index (κ1) is 19.1. The van der Waals surface area contributed by atoms with Gasteiger partial charge < -0.3 is 5.32 Å². The second kappa shape index (κ2) is 8.33. The molecule has 3 rings (SSSR count). The fourth-order valence-corrected chi connectivity index (χ4v) is 5.75. The van der Waals surface area contributed by atoms with Crippen LogP contribution in [0.15, 0.2) is 46.0 Å². The summed E-state index contributed by atoms with van der Waals surface area (Å²) < 4.78 is 26.6. The molecule has 1 aromatic carbocycles. The molecule has 140 valence electrons. The first-order valence-corrected chi connectivity index (χ1v) is 11.2. The third-order valence-corrected chi connectivity index (χ3v) is 7.51. The van der Waals surface area contributed by atoms with Gasteiger partial charge in [0.25, 0.3) is 0 Å². The number of anilines is 1. The number of sulfonamides is 1. The molecule has 0 bridgehead atoms. The summed E-state index contributed by atoms with van der Waals surface area (Å²) in [4.78, 5) is 12.5. The van der Waals surface area contributed by atoms with E-state index in [-0.39, 0.29) is 5.91 Å². The molecule has 2 heterocycles. The monoisotopic (exact) mass is 392 g/mol. The van der Waals surface area contributed by atoms with Crippen LogP contribution in [0.4, 0.5) is 5.69 Å². The van der Waals surface area contributed by atoms with Gasteiger partial charge in [-0.05, 0) is 61.2 Å². The fourth-order valence-electron chi connectivity index (χ4n) is 3.27. The summed E-state index contributed by atoms with van der Waals surface area (Å²) in [7, 11) is -3.35. The zero-order valence-corrected chi connectivity index (χ0v) is 16.5. The van der Waals surface area contributed by atoms with Crippen LogP contribution in [0.1, 0.15) is 31.2 Å². The number of benzene rings is 1. The van der Waals surface area contributed by atoms with Crippen molar-refractivity contribution in [3.8, 4) is 0 Å². The van der Waals surface area contributed by atoms with Gasteiger partial charge in [-0.2, -0.15) is 15.6 Å². The average molecular weight is 393 g/mol. The van der Waals surface area contributed by atoms with Gasteiger partial charge in [-0.3, -0.25) is 4.79 Å². The molecule has 1 aliphatic rings. The summed E-state index contributed by atoms with van der Waals surface area (Å²) in [5.74, 6) is 0.413. The number of hydrogen-bond acceptors (Lipinski definition) is 4. The van der Waals surface area contributed by atoms with Crippen molar-refractivity contribution in [3.63, 3.8) is 0 Å². The number of thiophene rings is 1. The first-order valence-electron chi connectivity index (χ1n) is 8.84. The molecule has 1 amide bonds. The maximum atomic E-state index is 12.5. The molecule has 7 heteroatoms. The highest BCUT2D eigenvalue weighted by atomic mass is 32.2. The van der Waals surface area contributed by atoms with Crippen LogP contribution < -0.4 is 5.32 Å². The smallest absolute Gasteiger partial charge is 0.243 e. The van der Waals surface area contributed by atoms with E-state index in [4.69, 9.17) is 0 Å². The van der Waals surface area contributed by atoms with Crippen LogP contribution in [0.5, 0.6) is 0 Å². The molecule has 0 spiro atoms. The predicted octanol–water partition coefficient (Wildman–Crippen LogP) is 3.88. The number of rotatable bonds is 6. The minimum atomic E-state index is -3.35. The van der Waals surface area contributed by atoms with E-state index < -0.39 is 10.0 Å². The molecule has 0 radical (unpaired) electrons. The van der Waals surface area contributed by atoms with Crippen LogP contribution in [-0.2, 0) is 14.8 Å². The lowest BCUT2D eigenvalue weighted by molar-refractivity contribution is -0.116. The molecule has 0 saturated carbocycles. The van der Waals surface area contributed by atoms with E-state index in [2.05, 4.69) is 5.32 Å². The standard InChI is InChI=1S/C19H24N2O3S2/c1-15-3-2-4-17(13-15)20-19(22)6-5-16-7-10-21(11-8-16)26(23,24)18-9-12-25-14-18/h2-4,9,12-14,16H,5-8,10-11H2,1H3,(H,20,22). The molecule has 0 atom stereocenters. The van der Waals surface area contributed by atoms with E-state index in [9.17, 15) is 13.2 Å². The highest BCUT2D eigenvalue weighted by Crippen LogP contribution is 2.27. The normalized spacial score (nSPS) is 16.5. The van der Waals surface area contributed by atoms with Gasteiger partial charge in [0.2, 0.25) is 15.9 Å². The molecule has 1 fully saturated rings. The molecular weight excluding hydrogens is 368 g/mol. The van der Waals surface area contributed by atoms with Gasteiger partial charge in [-0.25, -0.2) is 8.42 Å². The highest BCUT2D eigenvalue weighted by molar-refractivity contribution is 7.89. The minimum Gasteiger partial charge on any atom is -0.326 e. The highest BCUT2D eigenvalue weighted by Gasteiger charge is 2.29. The Hall–Kier alpha value is -1.70. The first-order chi connectivity index (χ1) is 12.4. The minimum absolute atomic E-state index is 0.0175. The van der Waals surface area contributed by atoms with Crippen molar-refractivity contribution in [1.29, 1.82) is 0 Å². The Labute approximate surface area is 159 Å². The molecule has 0 unspecified atom stereocenters. The lowest BCUT2D eigenvalue weighted by atomic mass is 9.93. The Morgan fingerprint density at radius 3 is 2.69 bits per heavy atom. The summed E-state index contributed by atoms with van der Waals surface area (Å²) >= 11 is 1.39. The van der Waals surface area contributed by atoms with E-state index >= 15 is 0 Å². The average Bonchev–Trinajstić information content (AvgIpc) is 3.16. The van der Waals surface area contributed by atoms with Crippen molar-refractivity contribution in [2.24, 2.45) is 5.92 Å². The molecule has 1 saturated heterocycles. The summed E-state index contributed by atoms with van der Waals surface area (Å²) in [5, 5.41) is 6.39. The fraction of sp³-hybridized carbons (Fsp3) is 0.421. The lowest BCUT2D eigenvalue weighted by Gasteiger charge is -2.30. The van der Waals surface area contributed by atoms with Crippen molar-refractivity contribution in [2.75, 3.05) is 18.4 Å². The molecule has 1 N–H and O–H groups in total. The number of aryl methyl sites for hydroxylation is 1.